The number of carbonyl (C=O) groups is 1. The number of aryl methyl sites for hydroxylation is 1. The van der Waals surface area contributed by atoms with E-state index in [0.717, 1.165) is 32.7 Å². The van der Waals surface area contributed by atoms with E-state index < -0.39 is 4.92 Å². The molecule has 0 aliphatic carbocycles. The van der Waals surface area contributed by atoms with Crippen LogP contribution in [-0.2, 0) is 11.3 Å². The van der Waals surface area contributed by atoms with E-state index in [9.17, 15) is 14.9 Å². The molecule has 3 rings (SSSR count). The van der Waals surface area contributed by atoms with Crippen molar-refractivity contribution in [1.29, 1.82) is 0 Å². The minimum Gasteiger partial charge on any atom is -0.297 e. The summed E-state index contributed by atoms with van der Waals surface area (Å²) >= 11 is 0. The number of rotatable bonds is 7. The van der Waals surface area contributed by atoms with Crippen molar-refractivity contribution in [3.8, 4) is 0 Å². The van der Waals surface area contributed by atoms with Crippen LogP contribution in [0.4, 0.5) is 5.69 Å². The van der Waals surface area contributed by atoms with Gasteiger partial charge >= 0.3 is 0 Å². The number of nitrogens with one attached hydrogen (secondary N) is 1. The average Bonchev–Trinajstić information content (AvgIpc) is 2.75. The highest BCUT2D eigenvalue weighted by Crippen LogP contribution is 2.14. The molecule has 0 unspecified atom stereocenters. The van der Waals surface area contributed by atoms with Crippen molar-refractivity contribution in [1.82, 2.24) is 15.2 Å². The summed E-state index contributed by atoms with van der Waals surface area (Å²) < 4.78 is 0. The third-order valence-corrected chi connectivity index (χ3v) is 5.18. The Morgan fingerprint density at radius 1 is 1.10 bits per heavy atom. The highest BCUT2D eigenvalue weighted by molar-refractivity contribution is 5.99. The minimum absolute atomic E-state index is 0.00288. The second-order valence-corrected chi connectivity index (χ2v) is 7.58. The van der Waals surface area contributed by atoms with Crippen LogP contribution in [0.5, 0.6) is 0 Å². The fraction of sp³-hybridized carbons (Fsp3) is 0.364. The molecule has 0 saturated carbocycles. The summed E-state index contributed by atoms with van der Waals surface area (Å²) in [4.78, 5) is 27.2. The van der Waals surface area contributed by atoms with Crippen molar-refractivity contribution in [2.24, 2.45) is 5.10 Å². The number of piperazine rings is 1. The Kier molecular flexibility index (Phi) is 7.26. The van der Waals surface area contributed by atoms with Crippen LogP contribution in [-0.4, -0.2) is 59.1 Å². The third kappa shape index (κ3) is 6.20. The van der Waals surface area contributed by atoms with E-state index in [1.165, 1.54) is 23.3 Å². The molecule has 8 nitrogen and oxygen atoms in total. The van der Waals surface area contributed by atoms with Crippen molar-refractivity contribution >= 4 is 17.3 Å². The van der Waals surface area contributed by atoms with Crippen LogP contribution < -0.4 is 5.43 Å². The van der Waals surface area contributed by atoms with Crippen LogP contribution in [0.25, 0.3) is 0 Å². The number of nitro groups is 1. The fourth-order valence-electron chi connectivity index (χ4n) is 3.35. The molecule has 1 aliphatic rings. The van der Waals surface area contributed by atoms with Gasteiger partial charge in [-0.25, -0.2) is 5.43 Å². The van der Waals surface area contributed by atoms with Crippen LogP contribution in [0.3, 0.4) is 0 Å². The zero-order valence-corrected chi connectivity index (χ0v) is 17.4. The molecule has 1 fully saturated rings. The molecule has 0 aromatic heterocycles. The van der Waals surface area contributed by atoms with E-state index >= 15 is 0 Å². The summed E-state index contributed by atoms with van der Waals surface area (Å²) in [7, 11) is 0. The molecule has 0 radical (unpaired) electrons. The minimum atomic E-state index is -0.451. The number of carbonyl (C=O) groups excluding carboxylic acids is 1. The average molecular weight is 409 g/mol. The molecule has 1 saturated heterocycles. The number of hydrogen-bond acceptors (Lipinski definition) is 6. The quantitative estimate of drug-likeness (QED) is 0.431. The van der Waals surface area contributed by atoms with Gasteiger partial charge in [0.15, 0.2) is 0 Å². The standard InChI is InChI=1S/C22H27N5O3/c1-17-6-8-19(9-7-17)15-25-10-12-26(13-11-25)16-22(28)24-23-18(2)20-4-3-5-21(14-20)27(29)30/h3-9,14H,10-13,15-16H2,1-2H3,(H,24,28)/b23-18+. The Morgan fingerprint density at radius 2 is 1.77 bits per heavy atom. The summed E-state index contributed by atoms with van der Waals surface area (Å²) in [5.41, 5.74) is 6.25. The van der Waals surface area contributed by atoms with Gasteiger partial charge in [0.2, 0.25) is 0 Å². The summed E-state index contributed by atoms with van der Waals surface area (Å²) in [6.07, 6.45) is 0. The normalized spacial score (nSPS) is 15.7. The highest BCUT2D eigenvalue weighted by Gasteiger charge is 2.19. The first-order chi connectivity index (χ1) is 14.4. The van der Waals surface area contributed by atoms with Gasteiger partial charge < -0.3 is 0 Å². The number of hydrogen-bond donors (Lipinski definition) is 1. The second-order valence-electron chi connectivity index (χ2n) is 7.58. The Labute approximate surface area is 176 Å². The van der Waals surface area contributed by atoms with Crippen molar-refractivity contribution in [3.05, 3.63) is 75.3 Å². The van der Waals surface area contributed by atoms with Crippen LogP contribution >= 0.6 is 0 Å². The van der Waals surface area contributed by atoms with E-state index in [4.69, 9.17) is 0 Å². The lowest BCUT2D eigenvalue weighted by Crippen LogP contribution is -2.48. The van der Waals surface area contributed by atoms with Gasteiger partial charge in [0.25, 0.3) is 11.6 Å². The molecule has 1 amide bonds. The molecule has 0 atom stereocenters. The summed E-state index contributed by atoms with van der Waals surface area (Å²) in [5, 5.41) is 15.0. The van der Waals surface area contributed by atoms with Gasteiger partial charge in [0.1, 0.15) is 0 Å². The van der Waals surface area contributed by atoms with E-state index in [0.29, 0.717) is 11.3 Å². The van der Waals surface area contributed by atoms with Crippen molar-refractivity contribution in [2.75, 3.05) is 32.7 Å². The molecule has 1 aliphatic heterocycles. The zero-order chi connectivity index (χ0) is 21.5. The molecule has 8 heteroatoms. The molecule has 30 heavy (non-hydrogen) atoms. The van der Waals surface area contributed by atoms with Crippen LogP contribution in [0.15, 0.2) is 53.6 Å². The van der Waals surface area contributed by atoms with Gasteiger partial charge in [0.05, 0.1) is 17.2 Å². The first-order valence-corrected chi connectivity index (χ1v) is 9.99. The Morgan fingerprint density at radius 3 is 2.43 bits per heavy atom. The van der Waals surface area contributed by atoms with Crippen molar-refractivity contribution in [2.45, 2.75) is 20.4 Å². The Bertz CT molecular complexity index is 919. The molecule has 0 spiro atoms. The van der Waals surface area contributed by atoms with Gasteiger partial charge in [0, 0.05) is 50.4 Å². The molecular formula is C22H27N5O3. The van der Waals surface area contributed by atoms with Gasteiger partial charge in [-0.15, -0.1) is 0 Å². The summed E-state index contributed by atoms with van der Waals surface area (Å²) in [6, 6.07) is 14.8. The SMILES string of the molecule is C/C(=N\NC(=O)CN1CCN(Cc2ccc(C)cc2)CC1)c1cccc([N+](=O)[O-])c1. The monoisotopic (exact) mass is 409 g/mol. The fourth-order valence-corrected chi connectivity index (χ4v) is 3.35. The first kappa shape index (κ1) is 21.6. The summed E-state index contributed by atoms with van der Waals surface area (Å²) in [5.74, 6) is -0.188. The predicted octanol–water partition coefficient (Wildman–Crippen LogP) is 2.56. The van der Waals surface area contributed by atoms with Crippen molar-refractivity contribution in [3.63, 3.8) is 0 Å². The number of benzene rings is 2. The lowest BCUT2D eigenvalue weighted by atomic mass is 10.1. The lowest BCUT2D eigenvalue weighted by molar-refractivity contribution is -0.384. The topological polar surface area (TPSA) is 91.1 Å². The smallest absolute Gasteiger partial charge is 0.270 e. The van der Waals surface area contributed by atoms with E-state index in [1.807, 2.05) is 0 Å². The van der Waals surface area contributed by atoms with E-state index in [2.05, 4.69) is 51.5 Å². The van der Waals surface area contributed by atoms with Gasteiger partial charge in [-0.3, -0.25) is 24.7 Å². The van der Waals surface area contributed by atoms with E-state index in [-0.39, 0.29) is 18.1 Å². The van der Waals surface area contributed by atoms with Crippen molar-refractivity contribution < 1.29 is 9.72 Å². The number of amides is 1. The molecule has 158 valence electrons. The molecule has 0 bridgehead atoms. The Balaban J connectivity index is 1.44. The number of hydrazone groups is 1. The highest BCUT2D eigenvalue weighted by atomic mass is 16.6. The van der Waals surface area contributed by atoms with E-state index in [1.54, 1.807) is 19.1 Å². The van der Waals surface area contributed by atoms with Gasteiger partial charge in [-0.1, -0.05) is 42.0 Å². The van der Waals surface area contributed by atoms with Gasteiger partial charge in [-0.05, 0) is 19.4 Å². The molecule has 1 heterocycles. The second kappa shape index (κ2) is 10.1. The molecule has 2 aromatic rings. The maximum absolute atomic E-state index is 12.2. The molecule has 1 N–H and O–H groups in total. The van der Waals surface area contributed by atoms with Crippen LogP contribution in [0.2, 0.25) is 0 Å². The molecule has 2 aromatic carbocycles. The number of nitrogens with zero attached hydrogens (tertiary/aromatic N) is 4. The molecular weight excluding hydrogens is 382 g/mol. The maximum atomic E-state index is 12.2. The van der Waals surface area contributed by atoms with Gasteiger partial charge in [-0.2, -0.15) is 5.10 Å². The zero-order valence-electron chi connectivity index (χ0n) is 17.4. The largest absolute Gasteiger partial charge is 0.297 e. The predicted molar refractivity (Wildman–Crippen MR) is 116 cm³/mol. The third-order valence-electron chi connectivity index (χ3n) is 5.18. The van der Waals surface area contributed by atoms with Crippen LogP contribution in [0, 0.1) is 17.0 Å². The number of nitro benzene ring substituents is 1. The Hall–Kier alpha value is -3.10. The van der Waals surface area contributed by atoms with Crippen LogP contribution in [0.1, 0.15) is 23.6 Å². The number of non-ortho nitro benzene ring substituents is 1. The maximum Gasteiger partial charge on any atom is 0.270 e. The lowest BCUT2D eigenvalue weighted by Gasteiger charge is -2.34. The first-order valence-electron chi connectivity index (χ1n) is 9.99. The summed E-state index contributed by atoms with van der Waals surface area (Å²) in [6.45, 7) is 8.48.